The molecule has 22 heavy (non-hydrogen) atoms. The van der Waals surface area contributed by atoms with E-state index in [1.165, 1.54) is 48.5 Å². The molecule has 0 saturated carbocycles. The van der Waals surface area contributed by atoms with Gasteiger partial charge >= 0.3 is 0 Å². The van der Waals surface area contributed by atoms with Crippen molar-refractivity contribution in [2.24, 2.45) is 0 Å². The summed E-state index contributed by atoms with van der Waals surface area (Å²) in [6.07, 6.45) is 1.31. The number of nitro benzene ring substituents is 1. The average molecular weight is 296 g/mol. The fourth-order valence-corrected chi connectivity index (χ4v) is 1.79. The molecular formula is C16H9FN2O3. The number of non-ortho nitro benzene ring substituents is 1. The predicted molar refractivity (Wildman–Crippen MR) is 77.4 cm³/mol. The Balaban J connectivity index is 2.37. The minimum absolute atomic E-state index is 0.0455. The molecule has 0 fully saturated rings. The lowest BCUT2D eigenvalue weighted by Gasteiger charge is -2.00. The van der Waals surface area contributed by atoms with Crippen LogP contribution in [0.5, 0.6) is 0 Å². The number of nitrogens with zero attached hydrogens (tertiary/aromatic N) is 2. The van der Waals surface area contributed by atoms with Gasteiger partial charge in [-0.15, -0.1) is 0 Å². The first kappa shape index (κ1) is 15.1. The Morgan fingerprint density at radius 1 is 1.23 bits per heavy atom. The molecule has 0 saturated heterocycles. The Labute approximate surface area is 125 Å². The molecular weight excluding hydrogens is 287 g/mol. The summed E-state index contributed by atoms with van der Waals surface area (Å²) < 4.78 is 12.8. The van der Waals surface area contributed by atoms with Crippen molar-refractivity contribution in [3.63, 3.8) is 0 Å². The highest BCUT2D eigenvalue weighted by atomic mass is 19.1. The second-order valence-electron chi connectivity index (χ2n) is 4.36. The Morgan fingerprint density at radius 2 is 1.91 bits per heavy atom. The number of benzene rings is 2. The van der Waals surface area contributed by atoms with Gasteiger partial charge < -0.3 is 0 Å². The zero-order valence-corrected chi connectivity index (χ0v) is 11.2. The quantitative estimate of drug-likeness (QED) is 0.284. The van der Waals surface area contributed by atoms with Crippen LogP contribution in [-0.4, -0.2) is 10.7 Å². The molecule has 108 valence electrons. The third-order valence-electron chi connectivity index (χ3n) is 2.87. The van der Waals surface area contributed by atoms with Gasteiger partial charge in [-0.05, 0) is 23.8 Å². The summed E-state index contributed by atoms with van der Waals surface area (Å²) in [5.41, 5.74) is 0.109. The van der Waals surface area contributed by atoms with Gasteiger partial charge in [0.05, 0.1) is 4.92 Å². The largest absolute Gasteiger partial charge is 0.288 e. The summed E-state index contributed by atoms with van der Waals surface area (Å²) in [6, 6.07) is 12.2. The number of allylic oxidation sites excluding steroid dienone is 1. The van der Waals surface area contributed by atoms with Gasteiger partial charge in [0.1, 0.15) is 17.5 Å². The van der Waals surface area contributed by atoms with Crippen molar-refractivity contribution in [2.45, 2.75) is 0 Å². The summed E-state index contributed by atoms with van der Waals surface area (Å²) in [5, 5.41) is 19.8. The molecule has 0 amide bonds. The molecule has 5 nitrogen and oxygen atoms in total. The second-order valence-corrected chi connectivity index (χ2v) is 4.36. The Morgan fingerprint density at radius 3 is 2.50 bits per heavy atom. The lowest BCUT2D eigenvalue weighted by Crippen LogP contribution is -2.02. The van der Waals surface area contributed by atoms with E-state index >= 15 is 0 Å². The van der Waals surface area contributed by atoms with E-state index in [0.29, 0.717) is 5.56 Å². The highest BCUT2D eigenvalue weighted by molar-refractivity contribution is 6.14. The number of Topliss-reactive ketones (excluding diaryl/α,β-unsaturated/α-hetero) is 1. The third-order valence-corrected chi connectivity index (χ3v) is 2.87. The van der Waals surface area contributed by atoms with Gasteiger partial charge in [-0.1, -0.05) is 24.3 Å². The summed E-state index contributed by atoms with van der Waals surface area (Å²) in [4.78, 5) is 22.3. The first-order valence-electron chi connectivity index (χ1n) is 6.18. The molecule has 0 bridgehead atoms. The van der Waals surface area contributed by atoms with Crippen LogP contribution in [0.3, 0.4) is 0 Å². The zero-order valence-electron chi connectivity index (χ0n) is 11.2. The van der Waals surface area contributed by atoms with Crippen LogP contribution >= 0.6 is 0 Å². The van der Waals surface area contributed by atoms with Crippen LogP contribution < -0.4 is 0 Å². The molecule has 0 aromatic heterocycles. The molecule has 0 heterocycles. The van der Waals surface area contributed by atoms with Crippen LogP contribution in [0, 0.1) is 27.3 Å². The van der Waals surface area contributed by atoms with Crippen molar-refractivity contribution in [1.29, 1.82) is 5.26 Å². The number of halogens is 1. The fourth-order valence-electron chi connectivity index (χ4n) is 1.79. The van der Waals surface area contributed by atoms with E-state index in [1.807, 2.05) is 0 Å². The molecule has 0 atom stereocenters. The van der Waals surface area contributed by atoms with Gasteiger partial charge in [0.25, 0.3) is 5.69 Å². The minimum Gasteiger partial charge on any atom is -0.288 e. The van der Waals surface area contributed by atoms with Crippen LogP contribution in [0.2, 0.25) is 0 Å². The number of hydrogen-bond acceptors (Lipinski definition) is 4. The summed E-state index contributed by atoms with van der Waals surface area (Å²) in [7, 11) is 0. The van der Waals surface area contributed by atoms with Crippen LogP contribution in [0.25, 0.3) is 6.08 Å². The Hall–Kier alpha value is -3.33. The highest BCUT2D eigenvalue weighted by Gasteiger charge is 2.15. The van der Waals surface area contributed by atoms with Crippen molar-refractivity contribution in [3.05, 3.63) is 81.2 Å². The molecule has 0 unspecified atom stereocenters. The van der Waals surface area contributed by atoms with Crippen molar-refractivity contribution < 1.29 is 14.1 Å². The smallest absolute Gasteiger partial charge is 0.270 e. The molecule has 2 aromatic rings. The van der Waals surface area contributed by atoms with Crippen LogP contribution in [-0.2, 0) is 0 Å². The third kappa shape index (κ3) is 3.41. The fraction of sp³-hybridized carbons (Fsp3) is 0. The van der Waals surface area contributed by atoms with Crippen LogP contribution in [0.1, 0.15) is 15.9 Å². The van der Waals surface area contributed by atoms with Gasteiger partial charge in [0.2, 0.25) is 5.78 Å². The van der Waals surface area contributed by atoms with E-state index < -0.39 is 16.5 Å². The van der Waals surface area contributed by atoms with E-state index in [2.05, 4.69) is 0 Å². The van der Waals surface area contributed by atoms with Crippen LogP contribution in [0.4, 0.5) is 10.1 Å². The first-order chi connectivity index (χ1) is 10.5. The predicted octanol–water partition coefficient (Wildman–Crippen LogP) is 3.52. The van der Waals surface area contributed by atoms with Crippen molar-refractivity contribution in [3.8, 4) is 6.07 Å². The lowest BCUT2D eigenvalue weighted by molar-refractivity contribution is -0.384. The normalized spacial score (nSPS) is 10.8. The van der Waals surface area contributed by atoms with Crippen LogP contribution in [0.15, 0.2) is 54.1 Å². The lowest BCUT2D eigenvalue weighted by atomic mass is 10.0. The number of hydrogen-bond donors (Lipinski definition) is 0. The SMILES string of the molecule is N#C/C(=C\c1ccc(F)cc1)C(=O)c1cccc([N+](=O)[O-])c1. The molecule has 0 aliphatic carbocycles. The van der Waals surface area contributed by atoms with E-state index in [0.717, 1.165) is 6.07 Å². The zero-order chi connectivity index (χ0) is 16.1. The molecule has 6 heteroatoms. The summed E-state index contributed by atoms with van der Waals surface area (Å²) in [6.45, 7) is 0. The topological polar surface area (TPSA) is 84.0 Å². The molecule has 0 aliphatic heterocycles. The molecule has 0 N–H and O–H groups in total. The summed E-state index contributed by atoms with van der Waals surface area (Å²) in [5.74, 6) is -1.06. The van der Waals surface area contributed by atoms with E-state index in [-0.39, 0.29) is 16.8 Å². The molecule has 0 aliphatic rings. The minimum atomic E-state index is -0.629. The maximum Gasteiger partial charge on any atom is 0.270 e. The van der Waals surface area contributed by atoms with Crippen molar-refractivity contribution in [1.82, 2.24) is 0 Å². The monoisotopic (exact) mass is 296 g/mol. The maximum absolute atomic E-state index is 12.8. The summed E-state index contributed by atoms with van der Waals surface area (Å²) >= 11 is 0. The van der Waals surface area contributed by atoms with E-state index in [9.17, 15) is 19.3 Å². The number of rotatable bonds is 4. The standard InChI is InChI=1S/C16H9FN2O3/c17-14-6-4-11(5-7-14)8-13(10-18)16(20)12-2-1-3-15(9-12)19(21)22/h1-9H/b13-8+. The first-order valence-corrected chi connectivity index (χ1v) is 6.18. The molecule has 2 aromatic carbocycles. The Kier molecular flexibility index (Phi) is 4.39. The van der Waals surface area contributed by atoms with Gasteiger partial charge in [-0.25, -0.2) is 4.39 Å². The van der Waals surface area contributed by atoms with Gasteiger partial charge in [0, 0.05) is 17.7 Å². The van der Waals surface area contributed by atoms with Gasteiger partial charge in [-0.2, -0.15) is 5.26 Å². The maximum atomic E-state index is 12.8. The highest BCUT2D eigenvalue weighted by Crippen LogP contribution is 2.17. The number of carbonyl (C=O) groups is 1. The van der Waals surface area contributed by atoms with Gasteiger partial charge in [0.15, 0.2) is 0 Å². The number of ketones is 1. The van der Waals surface area contributed by atoms with E-state index in [1.54, 1.807) is 6.07 Å². The number of nitriles is 1. The van der Waals surface area contributed by atoms with Crippen molar-refractivity contribution in [2.75, 3.05) is 0 Å². The van der Waals surface area contributed by atoms with Crippen molar-refractivity contribution >= 4 is 17.5 Å². The number of carbonyl (C=O) groups excluding carboxylic acids is 1. The number of nitro groups is 1. The molecule has 0 radical (unpaired) electrons. The van der Waals surface area contributed by atoms with E-state index in [4.69, 9.17) is 5.26 Å². The Bertz CT molecular complexity index is 805. The molecule has 2 rings (SSSR count). The van der Waals surface area contributed by atoms with Gasteiger partial charge in [-0.3, -0.25) is 14.9 Å². The molecule has 0 spiro atoms. The average Bonchev–Trinajstić information content (AvgIpc) is 2.53. The second kappa shape index (κ2) is 6.41.